The van der Waals surface area contributed by atoms with Crippen molar-refractivity contribution < 1.29 is 34.8 Å². The maximum atomic E-state index is 13.0. The van der Waals surface area contributed by atoms with Crippen LogP contribution in [-0.2, 0) is 36.2 Å². The Morgan fingerprint density at radius 1 is 0.793 bits per heavy atom. The third-order valence-electron chi connectivity index (χ3n) is 3.65. The predicted octanol–water partition coefficient (Wildman–Crippen LogP) is 4.34. The second-order valence-corrected chi connectivity index (χ2v) is 14.3. The van der Waals surface area contributed by atoms with Crippen LogP contribution in [0.3, 0.4) is 0 Å². The summed E-state index contributed by atoms with van der Waals surface area (Å²) >= 11 is 0. The van der Waals surface area contributed by atoms with E-state index in [1.807, 2.05) is 51.7 Å². The number of carbonyl (C=O) groups is 2. The van der Waals surface area contributed by atoms with Gasteiger partial charge in [0.1, 0.15) is 0 Å². The normalized spacial score (nSPS) is 15.1. The average Bonchev–Trinajstić information content (AvgIpc) is 3.17. The van der Waals surface area contributed by atoms with Crippen LogP contribution in [0.2, 0.25) is 19.6 Å². The van der Waals surface area contributed by atoms with Gasteiger partial charge >= 0.3 is 0 Å². The summed E-state index contributed by atoms with van der Waals surface area (Å²) in [6, 6.07) is 7.94. The van der Waals surface area contributed by atoms with Crippen molar-refractivity contribution in [3.05, 3.63) is 84.7 Å². The zero-order chi connectivity index (χ0) is 21.4. The van der Waals surface area contributed by atoms with Crippen LogP contribution in [0.1, 0.15) is 13.8 Å². The number of rotatable bonds is 6. The summed E-state index contributed by atoms with van der Waals surface area (Å²) in [4.78, 5) is 23.3. The van der Waals surface area contributed by atoms with Crippen molar-refractivity contribution in [2.45, 2.75) is 38.4 Å². The largest absolute Gasteiger partial charge is 0.295 e. The van der Waals surface area contributed by atoms with E-state index in [1.54, 1.807) is 18.2 Å². The summed E-state index contributed by atoms with van der Waals surface area (Å²) in [5, 5.41) is 0.462. The molecule has 1 aliphatic rings. The van der Waals surface area contributed by atoms with Crippen LogP contribution in [0, 0.1) is 32.1 Å². The molecule has 0 heterocycles. The van der Waals surface area contributed by atoms with Gasteiger partial charge in [-0.2, -0.15) is 0 Å². The van der Waals surface area contributed by atoms with Gasteiger partial charge in [-0.3, -0.25) is 9.59 Å². The van der Waals surface area contributed by atoms with Crippen LogP contribution in [0.15, 0.2) is 57.5 Å². The van der Waals surface area contributed by atoms with E-state index in [4.69, 9.17) is 0 Å². The fraction of sp³-hybridized carbons (Fsp3) is 0.227. The van der Waals surface area contributed by atoms with Crippen molar-refractivity contribution in [3.63, 3.8) is 0 Å². The molecular weight excluding hydrogens is 447 g/mol. The van der Waals surface area contributed by atoms with Crippen LogP contribution in [0.25, 0.3) is 0 Å². The van der Waals surface area contributed by atoms with E-state index in [9.17, 15) is 18.0 Å². The Morgan fingerprint density at radius 3 is 1.55 bits per heavy atom. The molecular formula is C22H27CoO4SSi. The van der Waals surface area contributed by atoms with Gasteiger partial charge in [0.2, 0.25) is 9.84 Å². The fourth-order valence-electron chi connectivity index (χ4n) is 2.39. The molecule has 7 heteroatoms. The van der Waals surface area contributed by atoms with Crippen molar-refractivity contribution in [2.24, 2.45) is 0 Å². The Kier molecular flexibility index (Phi) is 11.9. The van der Waals surface area contributed by atoms with Crippen molar-refractivity contribution in [1.29, 1.82) is 0 Å². The first-order chi connectivity index (χ1) is 13.0. The standard InChI is InChI=1S/C17H22O4SSi.C5H5.Co/c1-13(18)11-16(17(12-14(2)19)23(3,4)5)22(20,21)15-9-7-6-8-10-15;1-2-4-5-3-1;/h6-12H,1-5H3;1-5H;/b16-11-,17-12+;;. The van der Waals surface area contributed by atoms with Crippen LogP contribution >= 0.6 is 0 Å². The minimum absolute atomic E-state index is 0. The molecule has 1 aliphatic carbocycles. The van der Waals surface area contributed by atoms with Gasteiger partial charge < -0.3 is 0 Å². The van der Waals surface area contributed by atoms with Crippen LogP contribution < -0.4 is 0 Å². The fourth-order valence-corrected chi connectivity index (χ4v) is 6.60. The van der Waals surface area contributed by atoms with Gasteiger partial charge in [-0.05, 0) is 75.4 Å². The van der Waals surface area contributed by atoms with Crippen LogP contribution in [0.5, 0.6) is 0 Å². The van der Waals surface area contributed by atoms with Crippen LogP contribution in [0.4, 0.5) is 0 Å². The molecule has 0 aromatic heterocycles. The third kappa shape index (κ3) is 9.38. The number of carbonyl (C=O) groups excluding carboxylic acids is 2. The van der Waals surface area contributed by atoms with Gasteiger partial charge in [0, 0.05) is 16.8 Å². The first kappa shape index (κ1) is 27.7. The zero-order valence-electron chi connectivity index (χ0n) is 17.3. The van der Waals surface area contributed by atoms with Gasteiger partial charge in [-0.1, -0.05) is 37.8 Å². The van der Waals surface area contributed by atoms with E-state index in [2.05, 4.69) is 0 Å². The molecule has 0 atom stereocenters. The second kappa shape index (κ2) is 12.4. The number of hydrogen-bond acceptors (Lipinski definition) is 4. The number of benzene rings is 1. The van der Waals surface area contributed by atoms with E-state index in [0.717, 1.165) is 6.08 Å². The molecule has 1 fully saturated rings. The Morgan fingerprint density at radius 2 is 1.21 bits per heavy atom. The predicted molar refractivity (Wildman–Crippen MR) is 116 cm³/mol. The Hall–Kier alpha value is -1.29. The summed E-state index contributed by atoms with van der Waals surface area (Å²) in [6.45, 7) is 8.50. The van der Waals surface area contributed by atoms with E-state index < -0.39 is 17.9 Å². The average molecular weight is 475 g/mol. The molecule has 2 rings (SSSR count). The maximum Gasteiger partial charge on any atom is 0.206 e. The van der Waals surface area contributed by atoms with Gasteiger partial charge in [0.05, 0.1) is 17.9 Å². The molecule has 29 heavy (non-hydrogen) atoms. The molecule has 4 nitrogen and oxygen atoms in total. The maximum absolute atomic E-state index is 13.0. The SMILES string of the molecule is CC(=O)/C=C(/C(=C\C(C)=O)[Si](C)(C)C)S(=O)(=O)c1ccccc1.[CH]1[CH][CH][CH][CH]1.[Co]. The van der Waals surface area contributed by atoms with Gasteiger partial charge in [0.25, 0.3) is 0 Å². The smallest absolute Gasteiger partial charge is 0.206 e. The van der Waals surface area contributed by atoms with E-state index >= 15 is 0 Å². The minimum atomic E-state index is -3.87. The molecule has 0 saturated heterocycles. The Balaban J connectivity index is 0.00000113. The van der Waals surface area contributed by atoms with Gasteiger partial charge in [0.15, 0.2) is 11.6 Å². The minimum Gasteiger partial charge on any atom is -0.295 e. The monoisotopic (exact) mass is 474 g/mol. The van der Waals surface area contributed by atoms with E-state index in [1.165, 1.54) is 32.1 Å². The first-order valence-electron chi connectivity index (χ1n) is 8.88. The molecule has 158 valence electrons. The molecule has 6 radical (unpaired) electrons. The molecule has 0 bridgehead atoms. The molecule has 1 aromatic rings. The number of sulfone groups is 1. The van der Waals surface area contributed by atoms with Crippen molar-refractivity contribution in [2.75, 3.05) is 0 Å². The number of hydrogen-bond donors (Lipinski definition) is 0. The summed E-state index contributed by atoms with van der Waals surface area (Å²) in [6.07, 6.45) is 12.5. The molecule has 0 spiro atoms. The summed E-state index contributed by atoms with van der Waals surface area (Å²) in [7, 11) is -6.05. The first-order valence-corrected chi connectivity index (χ1v) is 13.9. The summed E-state index contributed by atoms with van der Waals surface area (Å²) < 4.78 is 26.0. The molecule has 1 aromatic carbocycles. The molecule has 0 unspecified atom stereocenters. The third-order valence-corrected chi connectivity index (χ3v) is 7.67. The Labute approximate surface area is 187 Å². The van der Waals surface area contributed by atoms with Gasteiger partial charge in [-0.15, -0.1) is 0 Å². The van der Waals surface area contributed by atoms with Crippen molar-refractivity contribution in [3.8, 4) is 0 Å². The van der Waals surface area contributed by atoms with E-state index in [-0.39, 0.29) is 38.1 Å². The number of allylic oxidation sites excluding steroid dienone is 3. The Bertz CT molecular complexity index is 839. The van der Waals surface area contributed by atoms with Crippen molar-refractivity contribution in [1.82, 2.24) is 0 Å². The van der Waals surface area contributed by atoms with E-state index in [0.29, 0.717) is 5.20 Å². The zero-order valence-corrected chi connectivity index (χ0v) is 20.2. The van der Waals surface area contributed by atoms with Crippen LogP contribution in [-0.4, -0.2) is 28.1 Å². The van der Waals surface area contributed by atoms with Crippen molar-refractivity contribution >= 4 is 29.5 Å². The molecule has 1 saturated carbocycles. The second-order valence-electron chi connectivity index (χ2n) is 7.32. The molecule has 0 N–H and O–H groups in total. The molecule has 0 aliphatic heterocycles. The topological polar surface area (TPSA) is 68.3 Å². The quantitative estimate of drug-likeness (QED) is 0.349. The number of ketones is 2. The van der Waals surface area contributed by atoms with Gasteiger partial charge in [-0.25, -0.2) is 8.42 Å². The molecule has 0 amide bonds. The summed E-state index contributed by atoms with van der Waals surface area (Å²) in [5.74, 6) is -0.604. The summed E-state index contributed by atoms with van der Waals surface area (Å²) in [5.41, 5.74) is 0.